The molecule has 0 aromatic carbocycles. The predicted molar refractivity (Wildman–Crippen MR) is 108 cm³/mol. The average Bonchev–Trinajstić information content (AvgIpc) is 3.21. The highest BCUT2D eigenvalue weighted by molar-refractivity contribution is 7.99. The minimum absolute atomic E-state index is 0.0477. The van der Waals surface area contributed by atoms with Crippen molar-refractivity contribution in [3.63, 3.8) is 0 Å². The Hall–Kier alpha value is -1.44. The maximum absolute atomic E-state index is 12.8. The normalized spacial score (nSPS) is 11.3. The molecule has 0 atom stereocenters. The first-order chi connectivity index (χ1) is 12.0. The molecule has 0 fully saturated rings. The van der Waals surface area contributed by atoms with E-state index in [1.54, 1.807) is 27.7 Å². The molecule has 7 heteroatoms. The van der Waals surface area contributed by atoms with E-state index < -0.39 is 0 Å². The molecule has 132 valence electrons. The molecule has 0 aliphatic carbocycles. The Balaban J connectivity index is 1.73. The number of thiophene rings is 2. The van der Waals surface area contributed by atoms with Crippen LogP contribution < -0.4 is 5.56 Å². The first-order valence-corrected chi connectivity index (χ1v) is 10.9. The van der Waals surface area contributed by atoms with E-state index in [4.69, 9.17) is 4.98 Å². The van der Waals surface area contributed by atoms with Crippen molar-refractivity contribution in [2.24, 2.45) is 0 Å². The summed E-state index contributed by atoms with van der Waals surface area (Å²) in [6.07, 6.45) is 1.31. The number of fused-ring (bicyclic) bond motifs is 1. The molecule has 0 amide bonds. The van der Waals surface area contributed by atoms with Gasteiger partial charge in [-0.25, -0.2) is 4.98 Å². The van der Waals surface area contributed by atoms with Crippen molar-refractivity contribution in [1.29, 1.82) is 0 Å². The van der Waals surface area contributed by atoms with Gasteiger partial charge in [0.25, 0.3) is 5.56 Å². The summed E-state index contributed by atoms with van der Waals surface area (Å²) in [6, 6.07) is 3.77. The third-order valence-corrected chi connectivity index (χ3v) is 7.22. The van der Waals surface area contributed by atoms with Crippen LogP contribution in [0.15, 0.2) is 27.5 Å². The Morgan fingerprint density at radius 2 is 2.16 bits per heavy atom. The van der Waals surface area contributed by atoms with Gasteiger partial charge in [-0.2, -0.15) is 0 Å². The molecular formula is C18H20N2O2S3. The molecule has 0 bridgehead atoms. The van der Waals surface area contributed by atoms with E-state index in [9.17, 15) is 9.59 Å². The number of ketones is 1. The second-order valence-corrected chi connectivity index (χ2v) is 8.97. The number of Topliss-reactive ketones (excluding diaryl/α,β-unsaturated/α-hetero) is 1. The van der Waals surface area contributed by atoms with E-state index in [2.05, 4.69) is 0 Å². The number of rotatable bonds is 7. The fourth-order valence-corrected chi connectivity index (χ4v) is 5.42. The van der Waals surface area contributed by atoms with Crippen molar-refractivity contribution in [1.82, 2.24) is 9.55 Å². The van der Waals surface area contributed by atoms with E-state index in [1.807, 2.05) is 38.3 Å². The number of thioether (sulfide) groups is 1. The molecule has 0 aliphatic rings. The first-order valence-electron chi connectivity index (χ1n) is 8.23. The van der Waals surface area contributed by atoms with Crippen LogP contribution in [0.1, 0.15) is 39.9 Å². The summed E-state index contributed by atoms with van der Waals surface area (Å²) >= 11 is 4.63. The maximum Gasteiger partial charge on any atom is 0.263 e. The van der Waals surface area contributed by atoms with E-state index in [-0.39, 0.29) is 11.3 Å². The lowest BCUT2D eigenvalue weighted by molar-refractivity contribution is 0.0986. The highest BCUT2D eigenvalue weighted by atomic mass is 32.2. The molecule has 0 saturated heterocycles. The molecule has 4 nitrogen and oxygen atoms in total. The minimum atomic E-state index is 0.0477. The van der Waals surface area contributed by atoms with Crippen LogP contribution in [0.4, 0.5) is 0 Å². The Kier molecular flexibility index (Phi) is 5.76. The third kappa shape index (κ3) is 3.73. The van der Waals surface area contributed by atoms with Crippen molar-refractivity contribution in [3.8, 4) is 0 Å². The molecular weight excluding hydrogens is 372 g/mol. The van der Waals surface area contributed by atoms with Crippen LogP contribution in [0.2, 0.25) is 0 Å². The van der Waals surface area contributed by atoms with Gasteiger partial charge in [0.1, 0.15) is 4.83 Å². The van der Waals surface area contributed by atoms with Crippen molar-refractivity contribution in [2.45, 2.75) is 45.3 Å². The van der Waals surface area contributed by atoms with E-state index in [1.165, 1.54) is 11.3 Å². The molecule has 0 N–H and O–H groups in total. The van der Waals surface area contributed by atoms with Gasteiger partial charge in [-0.3, -0.25) is 14.2 Å². The van der Waals surface area contributed by atoms with Gasteiger partial charge in [0.05, 0.1) is 10.3 Å². The molecule has 3 aromatic rings. The summed E-state index contributed by atoms with van der Waals surface area (Å²) in [6.45, 7) is 6.58. The van der Waals surface area contributed by atoms with Crippen molar-refractivity contribution < 1.29 is 4.79 Å². The lowest BCUT2D eigenvalue weighted by atomic mass is 10.2. The van der Waals surface area contributed by atoms with Crippen LogP contribution in [-0.2, 0) is 6.54 Å². The lowest BCUT2D eigenvalue weighted by Crippen LogP contribution is -2.22. The molecule has 0 aliphatic heterocycles. The summed E-state index contributed by atoms with van der Waals surface area (Å²) < 4.78 is 1.74. The standard InChI is InChI=1S/C18H20N2O2S3/c1-4-20-17(22)15-11(2)12(3)25-16(15)19-18(20)24-10-5-7-13(21)14-8-6-9-23-14/h6,8-9H,4-5,7,10H2,1-3H3. The zero-order valence-electron chi connectivity index (χ0n) is 14.5. The Bertz CT molecular complexity index is 955. The van der Waals surface area contributed by atoms with Crippen LogP contribution in [0, 0.1) is 13.8 Å². The van der Waals surface area contributed by atoms with Crippen LogP contribution in [0.5, 0.6) is 0 Å². The Morgan fingerprint density at radius 3 is 2.84 bits per heavy atom. The van der Waals surface area contributed by atoms with Gasteiger partial charge in [-0.05, 0) is 44.2 Å². The summed E-state index contributed by atoms with van der Waals surface area (Å²) in [5.41, 5.74) is 1.09. The first kappa shape index (κ1) is 18.4. The third-order valence-electron chi connectivity index (χ3n) is 4.15. The number of hydrogen-bond acceptors (Lipinski definition) is 6. The van der Waals surface area contributed by atoms with Crippen LogP contribution in [0.3, 0.4) is 0 Å². The molecule has 0 spiro atoms. The van der Waals surface area contributed by atoms with Gasteiger partial charge < -0.3 is 0 Å². The second kappa shape index (κ2) is 7.85. The fraction of sp³-hybridized carbons (Fsp3) is 0.389. The Labute approximate surface area is 158 Å². The monoisotopic (exact) mass is 392 g/mol. The van der Waals surface area contributed by atoms with E-state index in [0.717, 1.165) is 42.9 Å². The van der Waals surface area contributed by atoms with Gasteiger partial charge in [-0.15, -0.1) is 22.7 Å². The molecule has 25 heavy (non-hydrogen) atoms. The highest BCUT2D eigenvalue weighted by Gasteiger charge is 2.16. The largest absolute Gasteiger partial charge is 0.293 e. The van der Waals surface area contributed by atoms with E-state index in [0.29, 0.717) is 13.0 Å². The highest BCUT2D eigenvalue weighted by Crippen LogP contribution is 2.28. The topological polar surface area (TPSA) is 52.0 Å². The quantitative estimate of drug-likeness (QED) is 0.248. The smallest absolute Gasteiger partial charge is 0.263 e. The predicted octanol–water partition coefficient (Wildman–Crippen LogP) is 4.91. The summed E-state index contributed by atoms with van der Waals surface area (Å²) in [7, 11) is 0. The maximum atomic E-state index is 12.8. The number of aryl methyl sites for hydroxylation is 2. The molecule has 3 heterocycles. The average molecular weight is 393 g/mol. The summed E-state index contributed by atoms with van der Waals surface area (Å²) in [4.78, 5) is 32.3. The zero-order chi connectivity index (χ0) is 18.0. The Morgan fingerprint density at radius 1 is 1.36 bits per heavy atom. The second-order valence-electron chi connectivity index (χ2n) is 5.76. The molecule has 0 saturated carbocycles. The van der Waals surface area contributed by atoms with Gasteiger partial charge in [0.15, 0.2) is 10.9 Å². The fourth-order valence-electron chi connectivity index (χ4n) is 2.65. The van der Waals surface area contributed by atoms with E-state index >= 15 is 0 Å². The van der Waals surface area contributed by atoms with Crippen molar-refractivity contribution in [3.05, 3.63) is 43.2 Å². The molecule has 0 radical (unpaired) electrons. The van der Waals surface area contributed by atoms with Crippen molar-refractivity contribution >= 4 is 50.4 Å². The SMILES string of the molecule is CCn1c(SCCCC(=O)c2cccs2)nc2sc(C)c(C)c2c1=O. The van der Waals surface area contributed by atoms with Gasteiger partial charge >= 0.3 is 0 Å². The summed E-state index contributed by atoms with van der Waals surface area (Å²) in [5.74, 6) is 0.967. The van der Waals surface area contributed by atoms with Crippen LogP contribution in [-0.4, -0.2) is 21.1 Å². The molecule has 3 rings (SSSR count). The molecule has 3 aromatic heterocycles. The number of hydrogen-bond donors (Lipinski definition) is 0. The number of aromatic nitrogens is 2. The van der Waals surface area contributed by atoms with Gasteiger partial charge in [-0.1, -0.05) is 17.8 Å². The van der Waals surface area contributed by atoms with Gasteiger partial charge in [0, 0.05) is 23.6 Å². The summed E-state index contributed by atoms with van der Waals surface area (Å²) in [5, 5.41) is 3.43. The number of carbonyl (C=O) groups is 1. The lowest BCUT2D eigenvalue weighted by Gasteiger charge is -2.09. The zero-order valence-corrected chi connectivity index (χ0v) is 16.9. The number of nitrogens with zero attached hydrogens (tertiary/aromatic N) is 2. The number of carbonyl (C=O) groups excluding carboxylic acids is 1. The van der Waals surface area contributed by atoms with Crippen LogP contribution in [0.25, 0.3) is 10.2 Å². The van der Waals surface area contributed by atoms with Gasteiger partial charge in [0.2, 0.25) is 0 Å². The van der Waals surface area contributed by atoms with Crippen molar-refractivity contribution in [2.75, 3.05) is 5.75 Å². The van der Waals surface area contributed by atoms with Crippen LogP contribution >= 0.6 is 34.4 Å². The molecule has 0 unspecified atom stereocenters. The minimum Gasteiger partial charge on any atom is -0.293 e.